The second kappa shape index (κ2) is 7.99. The van der Waals surface area contributed by atoms with Gasteiger partial charge in [-0.25, -0.2) is 0 Å². The maximum absolute atomic E-state index is 12.2. The number of benzene rings is 1. The standard InChI is InChI=1S/C17H24N2O2S/c20-17(11-13-12-18-9-10-21-13)19-15-7-3-4-8-16(15)22-14-5-1-2-6-14/h3-4,7-8,13-14,18H,1-2,5-6,9-12H2,(H,19,20)/t13-/m1/s1. The summed E-state index contributed by atoms with van der Waals surface area (Å²) in [6.45, 7) is 2.32. The van der Waals surface area contributed by atoms with Crippen molar-refractivity contribution >= 4 is 23.4 Å². The summed E-state index contributed by atoms with van der Waals surface area (Å²) in [4.78, 5) is 13.4. The highest BCUT2D eigenvalue weighted by Gasteiger charge is 2.20. The molecule has 0 unspecified atom stereocenters. The predicted molar refractivity (Wildman–Crippen MR) is 90.4 cm³/mol. The number of ether oxygens (including phenoxy) is 1. The van der Waals surface area contributed by atoms with Crippen LogP contribution in [0.3, 0.4) is 0 Å². The van der Waals surface area contributed by atoms with Gasteiger partial charge >= 0.3 is 0 Å². The maximum atomic E-state index is 12.2. The van der Waals surface area contributed by atoms with Crippen LogP contribution in [-0.4, -0.2) is 37.0 Å². The van der Waals surface area contributed by atoms with Gasteiger partial charge in [-0.2, -0.15) is 0 Å². The molecule has 0 radical (unpaired) electrons. The molecule has 3 rings (SSSR count). The summed E-state index contributed by atoms with van der Waals surface area (Å²) >= 11 is 1.91. The lowest BCUT2D eigenvalue weighted by molar-refractivity contribution is -0.119. The molecule has 2 fully saturated rings. The minimum Gasteiger partial charge on any atom is -0.375 e. The molecule has 0 spiro atoms. The average Bonchev–Trinajstić information content (AvgIpc) is 3.03. The van der Waals surface area contributed by atoms with E-state index in [0.29, 0.717) is 18.3 Å². The number of carbonyl (C=O) groups is 1. The molecule has 2 aliphatic rings. The van der Waals surface area contributed by atoms with Gasteiger partial charge in [0.05, 0.1) is 24.8 Å². The molecule has 0 aromatic heterocycles. The van der Waals surface area contributed by atoms with Gasteiger partial charge in [-0.3, -0.25) is 4.79 Å². The lowest BCUT2D eigenvalue weighted by Gasteiger charge is -2.23. The average molecular weight is 320 g/mol. The molecule has 5 heteroatoms. The van der Waals surface area contributed by atoms with Crippen LogP contribution in [0.2, 0.25) is 0 Å². The van der Waals surface area contributed by atoms with Crippen LogP contribution in [0.1, 0.15) is 32.1 Å². The highest BCUT2D eigenvalue weighted by Crippen LogP contribution is 2.38. The van der Waals surface area contributed by atoms with Gasteiger partial charge in [-0.05, 0) is 25.0 Å². The van der Waals surface area contributed by atoms with Crippen molar-refractivity contribution in [2.24, 2.45) is 0 Å². The molecular weight excluding hydrogens is 296 g/mol. The van der Waals surface area contributed by atoms with Crippen molar-refractivity contribution in [1.29, 1.82) is 0 Å². The number of hydrogen-bond acceptors (Lipinski definition) is 4. The van der Waals surface area contributed by atoms with E-state index in [1.54, 1.807) is 0 Å². The van der Waals surface area contributed by atoms with Gasteiger partial charge in [0.1, 0.15) is 0 Å². The van der Waals surface area contributed by atoms with E-state index in [-0.39, 0.29) is 12.0 Å². The number of carbonyl (C=O) groups excluding carboxylic acids is 1. The molecular formula is C17H24N2O2S. The summed E-state index contributed by atoms with van der Waals surface area (Å²) in [7, 11) is 0. The second-order valence-corrected chi connectivity index (χ2v) is 7.31. The quantitative estimate of drug-likeness (QED) is 0.875. The summed E-state index contributed by atoms with van der Waals surface area (Å²) in [5, 5.41) is 7.02. The van der Waals surface area contributed by atoms with Crippen molar-refractivity contribution in [2.75, 3.05) is 25.0 Å². The number of morpholine rings is 1. The van der Waals surface area contributed by atoms with Crippen LogP contribution in [0.4, 0.5) is 5.69 Å². The van der Waals surface area contributed by atoms with Crippen LogP contribution in [0.15, 0.2) is 29.2 Å². The molecule has 1 aromatic carbocycles. The molecule has 4 nitrogen and oxygen atoms in total. The first-order valence-corrected chi connectivity index (χ1v) is 9.07. The molecule has 120 valence electrons. The Morgan fingerprint density at radius 3 is 2.91 bits per heavy atom. The molecule has 1 aliphatic heterocycles. The molecule has 22 heavy (non-hydrogen) atoms. The maximum Gasteiger partial charge on any atom is 0.227 e. The van der Waals surface area contributed by atoms with Gasteiger partial charge in [0.25, 0.3) is 0 Å². The zero-order valence-corrected chi connectivity index (χ0v) is 13.7. The van der Waals surface area contributed by atoms with Gasteiger partial charge in [-0.1, -0.05) is 25.0 Å². The van der Waals surface area contributed by atoms with Crippen molar-refractivity contribution in [1.82, 2.24) is 5.32 Å². The van der Waals surface area contributed by atoms with E-state index in [0.717, 1.165) is 18.8 Å². The zero-order chi connectivity index (χ0) is 15.2. The number of anilines is 1. The predicted octanol–water partition coefficient (Wildman–Crippen LogP) is 3.04. The smallest absolute Gasteiger partial charge is 0.227 e. The fourth-order valence-electron chi connectivity index (χ4n) is 3.02. The van der Waals surface area contributed by atoms with E-state index >= 15 is 0 Å². The summed E-state index contributed by atoms with van der Waals surface area (Å²) in [6, 6.07) is 8.13. The highest BCUT2D eigenvalue weighted by atomic mass is 32.2. The SMILES string of the molecule is O=C(C[C@@H]1CNCCO1)Nc1ccccc1SC1CCCC1. The summed E-state index contributed by atoms with van der Waals surface area (Å²) in [6.07, 6.45) is 5.64. The van der Waals surface area contributed by atoms with E-state index in [9.17, 15) is 4.79 Å². The van der Waals surface area contributed by atoms with Crippen molar-refractivity contribution in [3.63, 3.8) is 0 Å². The van der Waals surface area contributed by atoms with Gasteiger partial charge < -0.3 is 15.4 Å². The summed E-state index contributed by atoms with van der Waals surface area (Å²) in [5.41, 5.74) is 0.938. The minimum atomic E-state index is -0.0107. The minimum absolute atomic E-state index is 0.0107. The summed E-state index contributed by atoms with van der Waals surface area (Å²) in [5.74, 6) is 0.0353. The third-order valence-corrected chi connectivity index (χ3v) is 5.59. The lowest BCUT2D eigenvalue weighted by Crippen LogP contribution is -2.40. The fraction of sp³-hybridized carbons (Fsp3) is 0.588. The number of amides is 1. The van der Waals surface area contributed by atoms with Gasteiger partial charge in [0, 0.05) is 23.2 Å². The van der Waals surface area contributed by atoms with Crippen molar-refractivity contribution in [3.8, 4) is 0 Å². The van der Waals surface area contributed by atoms with E-state index in [2.05, 4.69) is 16.7 Å². The van der Waals surface area contributed by atoms with Crippen molar-refractivity contribution < 1.29 is 9.53 Å². The van der Waals surface area contributed by atoms with Gasteiger partial charge in [0.15, 0.2) is 0 Å². The molecule has 1 saturated heterocycles. The van der Waals surface area contributed by atoms with Crippen molar-refractivity contribution in [3.05, 3.63) is 24.3 Å². The van der Waals surface area contributed by atoms with E-state index in [1.807, 2.05) is 30.0 Å². The van der Waals surface area contributed by atoms with E-state index in [1.165, 1.54) is 30.6 Å². The van der Waals surface area contributed by atoms with Crippen LogP contribution < -0.4 is 10.6 Å². The van der Waals surface area contributed by atoms with Crippen LogP contribution in [0, 0.1) is 0 Å². The monoisotopic (exact) mass is 320 g/mol. The Labute approximate surface area is 136 Å². The van der Waals surface area contributed by atoms with Crippen LogP contribution >= 0.6 is 11.8 Å². The third-order valence-electron chi connectivity index (χ3n) is 4.17. The highest BCUT2D eigenvalue weighted by molar-refractivity contribution is 8.00. The topological polar surface area (TPSA) is 50.4 Å². The number of thioether (sulfide) groups is 1. The van der Waals surface area contributed by atoms with Crippen LogP contribution in [0.25, 0.3) is 0 Å². The molecule has 1 aromatic rings. The Bertz CT molecular complexity index is 497. The molecule has 1 atom stereocenters. The number of rotatable bonds is 5. The summed E-state index contributed by atoms with van der Waals surface area (Å²) < 4.78 is 5.60. The Hall–Kier alpha value is -1.04. The second-order valence-electron chi connectivity index (χ2n) is 5.97. The van der Waals surface area contributed by atoms with Crippen LogP contribution in [0.5, 0.6) is 0 Å². The fourth-order valence-corrected chi connectivity index (χ4v) is 4.35. The largest absolute Gasteiger partial charge is 0.375 e. The first kappa shape index (κ1) is 15.8. The lowest BCUT2D eigenvalue weighted by atomic mass is 10.2. The first-order chi connectivity index (χ1) is 10.8. The third kappa shape index (κ3) is 4.48. The molecule has 2 N–H and O–H groups in total. The van der Waals surface area contributed by atoms with Crippen LogP contribution in [-0.2, 0) is 9.53 Å². The molecule has 1 amide bonds. The van der Waals surface area contributed by atoms with E-state index < -0.39 is 0 Å². The first-order valence-electron chi connectivity index (χ1n) is 8.19. The Kier molecular flexibility index (Phi) is 5.76. The van der Waals surface area contributed by atoms with Gasteiger partial charge in [0.2, 0.25) is 5.91 Å². The molecule has 1 aliphatic carbocycles. The number of para-hydroxylation sites is 1. The Balaban J connectivity index is 1.57. The number of nitrogens with one attached hydrogen (secondary N) is 2. The molecule has 0 bridgehead atoms. The van der Waals surface area contributed by atoms with Gasteiger partial charge in [-0.15, -0.1) is 11.8 Å². The molecule has 1 saturated carbocycles. The Morgan fingerprint density at radius 2 is 2.14 bits per heavy atom. The normalized spacial score (nSPS) is 22.6. The van der Waals surface area contributed by atoms with E-state index in [4.69, 9.17) is 4.74 Å². The van der Waals surface area contributed by atoms with Crippen molar-refractivity contribution in [2.45, 2.75) is 48.4 Å². The Morgan fingerprint density at radius 1 is 1.32 bits per heavy atom. The number of hydrogen-bond donors (Lipinski definition) is 2. The zero-order valence-electron chi connectivity index (χ0n) is 12.8. The molecule has 1 heterocycles.